The van der Waals surface area contributed by atoms with E-state index in [9.17, 15) is 0 Å². The highest BCUT2D eigenvalue weighted by Gasteiger charge is 2.08. The summed E-state index contributed by atoms with van der Waals surface area (Å²) in [5, 5.41) is 2.50. The number of hydrogen-bond donors (Lipinski definition) is 0. The van der Waals surface area contributed by atoms with E-state index < -0.39 is 0 Å². The first-order chi connectivity index (χ1) is 7.65. The number of hydrogen-bond acceptors (Lipinski definition) is 1. The summed E-state index contributed by atoms with van der Waals surface area (Å²) in [6.07, 6.45) is 0. The molecule has 0 heterocycles. The number of nitrogens with zero attached hydrogens (tertiary/aromatic N) is 1. The number of fused-ring (bicyclic) bond motifs is 1. The zero-order valence-corrected chi connectivity index (χ0v) is 11.3. The highest BCUT2D eigenvalue weighted by Crippen LogP contribution is 2.28. The van der Waals surface area contributed by atoms with Gasteiger partial charge in [0.15, 0.2) is 0 Å². The molecule has 0 aliphatic carbocycles. The summed E-state index contributed by atoms with van der Waals surface area (Å²) in [5.41, 5.74) is 3.61. The van der Waals surface area contributed by atoms with Crippen molar-refractivity contribution in [1.29, 1.82) is 0 Å². The van der Waals surface area contributed by atoms with Gasteiger partial charge in [0.1, 0.15) is 0 Å². The normalized spacial score (nSPS) is 12.1. The maximum absolute atomic E-state index is 4.30. The summed E-state index contributed by atoms with van der Waals surface area (Å²) >= 11 is 3.59. The molecule has 0 aliphatic heterocycles. The van der Waals surface area contributed by atoms with Gasteiger partial charge in [0.05, 0.1) is 0 Å². The Morgan fingerprint density at radius 1 is 1.12 bits per heavy atom. The van der Waals surface area contributed by atoms with Crippen LogP contribution in [0.5, 0.6) is 0 Å². The van der Waals surface area contributed by atoms with Gasteiger partial charge in [-0.15, -0.1) is 0 Å². The second-order valence-electron chi connectivity index (χ2n) is 3.90. The lowest BCUT2D eigenvalue weighted by Gasteiger charge is -2.10. The Balaban J connectivity index is 2.91. The Kier molecular flexibility index (Phi) is 3.10. The lowest BCUT2D eigenvalue weighted by Crippen LogP contribution is -1.99. The van der Waals surface area contributed by atoms with Gasteiger partial charge in [-0.05, 0) is 36.2 Å². The smallest absolute Gasteiger partial charge is 0.0395 e. The van der Waals surface area contributed by atoms with Crippen molar-refractivity contribution >= 4 is 32.4 Å². The predicted octanol–water partition coefficient (Wildman–Crippen LogP) is 4.35. The fourth-order valence-corrected chi connectivity index (χ4v) is 2.52. The van der Waals surface area contributed by atoms with Crippen molar-refractivity contribution < 1.29 is 0 Å². The lowest BCUT2D eigenvalue weighted by atomic mass is 9.97. The Labute approximate surface area is 104 Å². The highest BCUT2D eigenvalue weighted by atomic mass is 79.9. The highest BCUT2D eigenvalue weighted by molar-refractivity contribution is 9.10. The molecule has 2 aromatic carbocycles. The Morgan fingerprint density at radius 2 is 1.88 bits per heavy atom. The minimum absolute atomic E-state index is 1.08. The summed E-state index contributed by atoms with van der Waals surface area (Å²) in [5.74, 6) is 0. The largest absolute Gasteiger partial charge is 0.293 e. The molecule has 16 heavy (non-hydrogen) atoms. The van der Waals surface area contributed by atoms with Gasteiger partial charge in [-0.2, -0.15) is 0 Å². The summed E-state index contributed by atoms with van der Waals surface area (Å²) in [6, 6.07) is 10.6. The van der Waals surface area contributed by atoms with Crippen molar-refractivity contribution in [2.24, 2.45) is 4.99 Å². The molecule has 0 atom stereocenters. The first-order valence-corrected chi connectivity index (χ1v) is 6.06. The van der Waals surface area contributed by atoms with Crippen LogP contribution < -0.4 is 0 Å². The number of aliphatic imine (C=N–C) groups is 1. The van der Waals surface area contributed by atoms with Gasteiger partial charge in [-0.1, -0.05) is 40.2 Å². The lowest BCUT2D eigenvalue weighted by molar-refractivity contribution is 1.39. The van der Waals surface area contributed by atoms with Gasteiger partial charge in [-0.3, -0.25) is 4.99 Å². The van der Waals surface area contributed by atoms with Crippen LogP contribution in [0.3, 0.4) is 0 Å². The van der Waals surface area contributed by atoms with Crippen molar-refractivity contribution in [3.05, 3.63) is 45.9 Å². The zero-order valence-electron chi connectivity index (χ0n) is 9.71. The monoisotopic (exact) mass is 275 g/mol. The zero-order chi connectivity index (χ0) is 11.7. The quantitative estimate of drug-likeness (QED) is 0.687. The topological polar surface area (TPSA) is 12.4 Å². The van der Waals surface area contributed by atoms with Crippen LogP contribution in [0.4, 0.5) is 0 Å². The maximum Gasteiger partial charge on any atom is 0.0395 e. The summed E-state index contributed by atoms with van der Waals surface area (Å²) < 4.78 is 1.13. The molecule has 0 spiro atoms. The van der Waals surface area contributed by atoms with E-state index in [-0.39, 0.29) is 0 Å². The van der Waals surface area contributed by atoms with Crippen molar-refractivity contribution in [2.75, 3.05) is 7.05 Å². The minimum atomic E-state index is 1.08. The van der Waals surface area contributed by atoms with Crippen LogP contribution in [0.1, 0.15) is 18.1 Å². The molecule has 0 saturated carbocycles. The molecule has 0 saturated heterocycles. The van der Waals surface area contributed by atoms with E-state index in [2.05, 4.69) is 65.1 Å². The molecule has 0 aliphatic rings. The van der Waals surface area contributed by atoms with E-state index in [0.29, 0.717) is 0 Å². The Morgan fingerprint density at radius 3 is 2.56 bits per heavy atom. The molecule has 0 bridgehead atoms. The molecule has 0 N–H and O–H groups in total. The first-order valence-electron chi connectivity index (χ1n) is 5.26. The molecule has 2 aromatic rings. The first kappa shape index (κ1) is 11.3. The van der Waals surface area contributed by atoms with E-state index >= 15 is 0 Å². The van der Waals surface area contributed by atoms with Gasteiger partial charge in [0, 0.05) is 22.8 Å². The van der Waals surface area contributed by atoms with Crippen molar-refractivity contribution in [3.63, 3.8) is 0 Å². The van der Waals surface area contributed by atoms with Gasteiger partial charge in [-0.25, -0.2) is 0 Å². The number of aryl methyl sites for hydroxylation is 1. The predicted molar refractivity (Wildman–Crippen MR) is 74.5 cm³/mol. The van der Waals surface area contributed by atoms with Crippen LogP contribution in [0.15, 0.2) is 39.8 Å². The summed E-state index contributed by atoms with van der Waals surface area (Å²) in [4.78, 5) is 4.30. The second-order valence-corrected chi connectivity index (χ2v) is 4.76. The van der Waals surface area contributed by atoms with Gasteiger partial charge in [0.2, 0.25) is 0 Å². The van der Waals surface area contributed by atoms with E-state index in [0.717, 1.165) is 10.2 Å². The molecule has 82 valence electrons. The second kappa shape index (κ2) is 4.38. The van der Waals surface area contributed by atoms with Crippen LogP contribution in [-0.2, 0) is 0 Å². The number of halogens is 1. The molecular formula is C14H14BrN. The van der Waals surface area contributed by atoms with Gasteiger partial charge >= 0.3 is 0 Å². The number of rotatable bonds is 1. The maximum atomic E-state index is 4.30. The van der Waals surface area contributed by atoms with Gasteiger partial charge < -0.3 is 0 Å². The molecule has 0 radical (unpaired) electrons. The fourth-order valence-electron chi connectivity index (χ4n) is 2.02. The standard InChI is InChI=1S/C14H14BrN/c1-9-7-8-11-12(5-4-6-13(11)15)14(9)10(2)16-3/h4-8H,1-3H3. The van der Waals surface area contributed by atoms with Crippen LogP contribution >= 0.6 is 15.9 Å². The van der Waals surface area contributed by atoms with E-state index in [4.69, 9.17) is 0 Å². The molecule has 0 aromatic heterocycles. The molecule has 1 nitrogen and oxygen atoms in total. The fraction of sp³-hybridized carbons (Fsp3) is 0.214. The molecule has 0 unspecified atom stereocenters. The average Bonchev–Trinajstić information content (AvgIpc) is 2.28. The SMILES string of the molecule is CN=C(C)c1c(C)ccc2c(Br)cccc12. The minimum Gasteiger partial charge on any atom is -0.293 e. The van der Waals surface area contributed by atoms with Crippen molar-refractivity contribution in [1.82, 2.24) is 0 Å². The summed E-state index contributed by atoms with van der Waals surface area (Å²) in [7, 11) is 1.84. The molecule has 2 heteroatoms. The van der Waals surface area contributed by atoms with Crippen LogP contribution in [-0.4, -0.2) is 12.8 Å². The molecule has 0 amide bonds. The third-order valence-electron chi connectivity index (χ3n) is 2.91. The van der Waals surface area contributed by atoms with Crippen LogP contribution in [0.25, 0.3) is 10.8 Å². The molecular weight excluding hydrogens is 262 g/mol. The third-order valence-corrected chi connectivity index (χ3v) is 3.61. The van der Waals surface area contributed by atoms with Crippen LogP contribution in [0.2, 0.25) is 0 Å². The summed E-state index contributed by atoms with van der Waals surface area (Å²) in [6.45, 7) is 4.19. The van der Waals surface area contributed by atoms with Crippen molar-refractivity contribution in [2.45, 2.75) is 13.8 Å². The van der Waals surface area contributed by atoms with E-state index in [1.54, 1.807) is 0 Å². The van der Waals surface area contributed by atoms with Gasteiger partial charge in [0.25, 0.3) is 0 Å². The van der Waals surface area contributed by atoms with Crippen LogP contribution in [0, 0.1) is 6.92 Å². The molecule has 2 rings (SSSR count). The van der Waals surface area contributed by atoms with E-state index in [1.165, 1.54) is 21.9 Å². The number of benzene rings is 2. The Hall–Kier alpha value is -1.15. The molecule has 0 fully saturated rings. The van der Waals surface area contributed by atoms with Crippen molar-refractivity contribution in [3.8, 4) is 0 Å². The Bertz CT molecular complexity index is 570. The average molecular weight is 276 g/mol. The van der Waals surface area contributed by atoms with E-state index in [1.807, 2.05) is 7.05 Å². The third kappa shape index (κ3) is 1.78.